The van der Waals surface area contributed by atoms with Crippen LogP contribution in [0, 0.1) is 6.92 Å². The molecule has 0 unspecified atom stereocenters. The molecule has 25 heavy (non-hydrogen) atoms. The zero-order valence-electron chi connectivity index (χ0n) is 14.5. The Morgan fingerprint density at radius 3 is 2.88 bits per heavy atom. The number of guanidine groups is 1. The summed E-state index contributed by atoms with van der Waals surface area (Å²) >= 11 is 1.62. The number of aromatic nitrogens is 1. The van der Waals surface area contributed by atoms with Crippen LogP contribution in [-0.2, 0) is 13.1 Å². The van der Waals surface area contributed by atoms with E-state index in [1.54, 1.807) is 36.6 Å². The first-order valence-electron chi connectivity index (χ1n) is 7.80. The number of rotatable bonds is 7. The first-order valence-corrected chi connectivity index (χ1v) is 8.68. The van der Waals surface area contributed by atoms with Crippen LogP contribution in [0.3, 0.4) is 0 Å². The Morgan fingerprint density at radius 1 is 1.44 bits per heavy atom. The summed E-state index contributed by atoms with van der Waals surface area (Å²) in [5.41, 5.74) is 1.92. The van der Waals surface area contributed by atoms with E-state index in [1.165, 1.54) is 0 Å². The maximum atomic E-state index is 12.2. The molecular weight excluding hydrogens is 346 g/mol. The van der Waals surface area contributed by atoms with Gasteiger partial charge in [-0.05, 0) is 24.6 Å². The van der Waals surface area contributed by atoms with Crippen LogP contribution in [-0.4, -0.2) is 43.0 Å². The molecule has 0 saturated heterocycles. The number of aliphatic imine (C=N–C) groups is 1. The molecule has 0 spiro atoms. The fourth-order valence-corrected chi connectivity index (χ4v) is 2.87. The van der Waals surface area contributed by atoms with Gasteiger partial charge >= 0.3 is 0 Å². The highest BCUT2D eigenvalue weighted by Crippen LogP contribution is 2.14. The van der Waals surface area contributed by atoms with E-state index in [-0.39, 0.29) is 0 Å². The van der Waals surface area contributed by atoms with Gasteiger partial charge < -0.3 is 15.0 Å². The third-order valence-corrected chi connectivity index (χ3v) is 4.19. The molecule has 0 atom stereocenters. The van der Waals surface area contributed by atoms with Crippen molar-refractivity contribution in [3.05, 3.63) is 45.9 Å². The van der Waals surface area contributed by atoms with Crippen molar-refractivity contribution >= 4 is 17.3 Å². The Kier molecular flexibility index (Phi) is 7.12. The van der Waals surface area contributed by atoms with E-state index >= 15 is 0 Å². The highest BCUT2D eigenvalue weighted by Gasteiger charge is 2.09. The summed E-state index contributed by atoms with van der Waals surface area (Å²) < 4.78 is 29.5. The predicted molar refractivity (Wildman–Crippen MR) is 96.5 cm³/mol. The number of aryl methyl sites for hydroxylation is 1. The van der Waals surface area contributed by atoms with Crippen molar-refractivity contribution in [1.29, 1.82) is 0 Å². The maximum absolute atomic E-state index is 12.2. The van der Waals surface area contributed by atoms with E-state index in [0.717, 1.165) is 22.2 Å². The molecule has 0 aliphatic rings. The van der Waals surface area contributed by atoms with Gasteiger partial charge in [-0.1, -0.05) is 12.1 Å². The first-order chi connectivity index (χ1) is 12.0. The van der Waals surface area contributed by atoms with E-state index in [4.69, 9.17) is 4.74 Å². The monoisotopic (exact) mass is 368 g/mol. The SMILES string of the molecule is CN=C(NCc1cccc(OCC(F)F)c1)N(C)Cc1csc(C)n1. The van der Waals surface area contributed by atoms with Crippen molar-refractivity contribution in [3.63, 3.8) is 0 Å². The van der Waals surface area contributed by atoms with E-state index in [9.17, 15) is 8.78 Å². The largest absolute Gasteiger partial charge is 0.488 e. The third-order valence-electron chi connectivity index (χ3n) is 3.36. The Morgan fingerprint density at radius 2 is 2.24 bits per heavy atom. The molecule has 136 valence electrons. The molecule has 0 fully saturated rings. The van der Waals surface area contributed by atoms with Crippen LogP contribution in [0.4, 0.5) is 8.78 Å². The minimum Gasteiger partial charge on any atom is -0.488 e. The molecule has 0 aliphatic heterocycles. The van der Waals surface area contributed by atoms with Gasteiger partial charge in [0.15, 0.2) is 5.96 Å². The van der Waals surface area contributed by atoms with Gasteiger partial charge in [-0.2, -0.15) is 0 Å². The smallest absolute Gasteiger partial charge is 0.272 e. The van der Waals surface area contributed by atoms with Gasteiger partial charge in [0.2, 0.25) is 0 Å². The van der Waals surface area contributed by atoms with Gasteiger partial charge in [-0.15, -0.1) is 11.3 Å². The van der Waals surface area contributed by atoms with Gasteiger partial charge in [-0.25, -0.2) is 13.8 Å². The minimum absolute atomic E-state index is 0.431. The summed E-state index contributed by atoms with van der Waals surface area (Å²) in [6.45, 7) is 2.54. The lowest BCUT2D eigenvalue weighted by Crippen LogP contribution is -2.38. The summed E-state index contributed by atoms with van der Waals surface area (Å²) in [6.07, 6.45) is -2.48. The molecule has 0 bridgehead atoms. The second-order valence-electron chi connectivity index (χ2n) is 5.46. The molecule has 0 amide bonds. The van der Waals surface area contributed by atoms with Crippen LogP contribution in [0.5, 0.6) is 5.75 Å². The molecule has 5 nitrogen and oxygen atoms in total. The number of nitrogens with zero attached hydrogens (tertiary/aromatic N) is 3. The van der Waals surface area contributed by atoms with Gasteiger partial charge in [0.05, 0.1) is 17.2 Å². The Bertz CT molecular complexity index is 705. The molecule has 0 saturated carbocycles. The van der Waals surface area contributed by atoms with Crippen LogP contribution in [0.25, 0.3) is 0 Å². The fourth-order valence-electron chi connectivity index (χ4n) is 2.27. The van der Waals surface area contributed by atoms with Crippen LogP contribution >= 0.6 is 11.3 Å². The Labute approximate surface area is 150 Å². The lowest BCUT2D eigenvalue weighted by Gasteiger charge is -2.21. The van der Waals surface area contributed by atoms with Crippen molar-refractivity contribution in [2.45, 2.75) is 26.4 Å². The van der Waals surface area contributed by atoms with Crippen LogP contribution in [0.1, 0.15) is 16.3 Å². The molecule has 0 radical (unpaired) electrons. The molecule has 8 heteroatoms. The highest BCUT2D eigenvalue weighted by molar-refractivity contribution is 7.09. The van der Waals surface area contributed by atoms with Crippen molar-refractivity contribution in [3.8, 4) is 5.75 Å². The summed E-state index contributed by atoms with van der Waals surface area (Å²) in [6, 6.07) is 7.09. The predicted octanol–water partition coefficient (Wildman–Crippen LogP) is 3.30. The third kappa shape index (κ3) is 6.30. The molecular formula is C17H22F2N4OS. The molecule has 2 rings (SSSR count). The van der Waals surface area contributed by atoms with Gasteiger partial charge in [-0.3, -0.25) is 4.99 Å². The average Bonchev–Trinajstić information content (AvgIpc) is 2.99. The second-order valence-corrected chi connectivity index (χ2v) is 6.53. The number of ether oxygens (including phenoxy) is 1. The average molecular weight is 368 g/mol. The Hall–Kier alpha value is -2.22. The van der Waals surface area contributed by atoms with Crippen molar-refractivity contribution in [2.75, 3.05) is 20.7 Å². The van der Waals surface area contributed by atoms with Gasteiger partial charge in [0.1, 0.15) is 12.4 Å². The van der Waals surface area contributed by atoms with Gasteiger partial charge in [0, 0.05) is 26.0 Å². The molecule has 1 N–H and O–H groups in total. The molecule has 1 heterocycles. The lowest BCUT2D eigenvalue weighted by molar-refractivity contribution is 0.0818. The molecule has 1 aromatic carbocycles. The number of hydrogen-bond acceptors (Lipinski definition) is 4. The quantitative estimate of drug-likeness (QED) is 0.602. The summed E-state index contributed by atoms with van der Waals surface area (Å²) in [7, 11) is 3.65. The number of benzene rings is 1. The summed E-state index contributed by atoms with van der Waals surface area (Å²) in [5, 5.41) is 6.32. The molecule has 2 aromatic rings. The fraction of sp³-hybridized carbons (Fsp3) is 0.412. The second kappa shape index (κ2) is 9.31. The first kappa shape index (κ1) is 19.1. The maximum Gasteiger partial charge on any atom is 0.272 e. The van der Waals surface area contributed by atoms with E-state index in [0.29, 0.717) is 18.8 Å². The summed E-state index contributed by atoms with van der Waals surface area (Å²) in [5.74, 6) is 1.16. The number of thiazole rings is 1. The van der Waals surface area contributed by atoms with Crippen LogP contribution in [0.2, 0.25) is 0 Å². The number of halogens is 2. The van der Waals surface area contributed by atoms with Gasteiger partial charge in [0.25, 0.3) is 6.43 Å². The topological polar surface area (TPSA) is 49.8 Å². The molecule has 1 aromatic heterocycles. The van der Waals surface area contributed by atoms with Crippen molar-refractivity contribution < 1.29 is 13.5 Å². The number of alkyl halides is 2. The van der Waals surface area contributed by atoms with E-state index < -0.39 is 13.0 Å². The minimum atomic E-state index is -2.48. The lowest BCUT2D eigenvalue weighted by atomic mass is 10.2. The number of hydrogen-bond donors (Lipinski definition) is 1. The summed E-state index contributed by atoms with van der Waals surface area (Å²) in [4.78, 5) is 10.7. The van der Waals surface area contributed by atoms with E-state index in [1.807, 2.05) is 30.3 Å². The van der Waals surface area contributed by atoms with Crippen LogP contribution in [0.15, 0.2) is 34.6 Å². The van der Waals surface area contributed by atoms with E-state index in [2.05, 4.69) is 15.3 Å². The van der Waals surface area contributed by atoms with Crippen LogP contribution < -0.4 is 10.1 Å². The number of nitrogens with one attached hydrogen (secondary N) is 1. The van der Waals surface area contributed by atoms with Crippen molar-refractivity contribution in [2.24, 2.45) is 4.99 Å². The standard InChI is InChI=1S/C17H22F2N4OS/c1-12-22-14(11-25-12)9-23(3)17(20-2)21-8-13-5-4-6-15(7-13)24-10-16(18)19/h4-7,11,16H,8-10H2,1-3H3,(H,20,21). The zero-order chi connectivity index (χ0) is 18.2. The molecule has 0 aliphatic carbocycles. The zero-order valence-corrected chi connectivity index (χ0v) is 15.3. The highest BCUT2D eigenvalue weighted by atomic mass is 32.1. The van der Waals surface area contributed by atoms with Crippen molar-refractivity contribution in [1.82, 2.24) is 15.2 Å². The normalized spacial score (nSPS) is 11.7. The Balaban J connectivity index is 1.90.